The fraction of sp³-hybridized carbons (Fsp3) is 0.579. The quantitative estimate of drug-likeness (QED) is 0.651. The number of fused-ring (bicyclic) bond motifs is 1. The molecule has 150 valence electrons. The van der Waals surface area contributed by atoms with E-state index in [2.05, 4.69) is 15.8 Å². The maximum absolute atomic E-state index is 12.8. The van der Waals surface area contributed by atoms with Crippen LogP contribution in [0.5, 0.6) is 0 Å². The Morgan fingerprint density at radius 1 is 1.04 bits per heavy atom. The lowest BCUT2D eigenvalue weighted by Gasteiger charge is -2.35. The topological polar surface area (TPSA) is 88.2 Å². The molecule has 1 saturated carbocycles. The summed E-state index contributed by atoms with van der Waals surface area (Å²) in [6, 6.07) is 7.81. The molecule has 2 unspecified atom stereocenters. The van der Waals surface area contributed by atoms with Crippen molar-refractivity contribution in [2.24, 2.45) is 0 Å². The molecule has 2 atom stereocenters. The number of piperazine rings is 1. The van der Waals surface area contributed by atoms with Gasteiger partial charge in [0.1, 0.15) is 11.1 Å². The molecule has 3 heterocycles. The van der Waals surface area contributed by atoms with Crippen LogP contribution < -0.4 is 10.7 Å². The van der Waals surface area contributed by atoms with E-state index >= 15 is 0 Å². The van der Waals surface area contributed by atoms with Gasteiger partial charge in [-0.1, -0.05) is 12.1 Å². The van der Waals surface area contributed by atoms with E-state index in [0.29, 0.717) is 50.1 Å². The normalized spacial score (nSPS) is 29.0. The van der Waals surface area contributed by atoms with Gasteiger partial charge < -0.3 is 14.9 Å². The zero-order chi connectivity index (χ0) is 19.3. The van der Waals surface area contributed by atoms with Crippen molar-refractivity contribution in [1.82, 2.24) is 25.6 Å². The van der Waals surface area contributed by atoms with Gasteiger partial charge in [0, 0.05) is 44.8 Å². The lowest BCUT2D eigenvalue weighted by molar-refractivity contribution is -0.143. The summed E-state index contributed by atoms with van der Waals surface area (Å²) in [5.74, 6) is -0.182. The Labute approximate surface area is 168 Å². The number of hydrogen-bond acceptors (Lipinski definition) is 7. The predicted octanol–water partition coefficient (Wildman–Crippen LogP) is -0.0653. The lowest BCUT2D eigenvalue weighted by atomic mass is 10.1. The van der Waals surface area contributed by atoms with Gasteiger partial charge in [-0.25, -0.2) is 10.4 Å². The summed E-state index contributed by atoms with van der Waals surface area (Å²) in [5.41, 5.74) is 4.52. The average Bonchev–Trinajstić information content (AvgIpc) is 3.13. The van der Waals surface area contributed by atoms with Crippen molar-refractivity contribution in [2.75, 3.05) is 39.3 Å². The fourth-order valence-corrected chi connectivity index (χ4v) is 5.27. The molecule has 0 spiro atoms. The molecule has 28 heavy (non-hydrogen) atoms. The number of carbonyl (C=O) groups excluding carboxylic acids is 2. The number of thioether (sulfide) groups is 1. The first-order chi connectivity index (χ1) is 13.5. The van der Waals surface area contributed by atoms with Gasteiger partial charge in [-0.3, -0.25) is 14.9 Å². The van der Waals surface area contributed by atoms with Crippen molar-refractivity contribution < 1.29 is 14.7 Å². The molecule has 4 fully saturated rings. The van der Waals surface area contributed by atoms with Crippen LogP contribution in [0.2, 0.25) is 0 Å². The minimum absolute atomic E-state index is 0.00176. The molecule has 9 heteroatoms. The number of benzene rings is 1. The third kappa shape index (κ3) is 3.31. The maximum atomic E-state index is 12.8. The highest BCUT2D eigenvalue weighted by molar-refractivity contribution is 8.00. The third-order valence-corrected chi connectivity index (χ3v) is 7.27. The van der Waals surface area contributed by atoms with Gasteiger partial charge in [-0.15, -0.1) is 11.8 Å². The van der Waals surface area contributed by atoms with Crippen molar-refractivity contribution in [3.63, 3.8) is 0 Å². The molecule has 5 rings (SSSR count). The minimum Gasteiger partial charge on any atom is -0.380 e. The number of hydrogen-bond donors (Lipinski definition) is 3. The van der Waals surface area contributed by atoms with Crippen molar-refractivity contribution in [3.8, 4) is 0 Å². The summed E-state index contributed by atoms with van der Waals surface area (Å²) in [5, 5.41) is 15.8. The van der Waals surface area contributed by atoms with Gasteiger partial charge in [0.05, 0.1) is 5.37 Å². The second-order valence-electron chi connectivity index (χ2n) is 7.88. The Hall–Kier alpha value is -1.65. The summed E-state index contributed by atoms with van der Waals surface area (Å²) < 4.78 is 0. The third-order valence-electron chi connectivity index (χ3n) is 5.94. The summed E-state index contributed by atoms with van der Waals surface area (Å²) in [6.45, 7) is 3.98. The molecule has 4 aliphatic rings. The standard InChI is InChI=1S/C19H25N5O3S/c25-16(22-9-11-23(12-10-22)17(26)19(27)5-6-19)14-3-1-13(2-4-14)15-21-24-8-7-20-18(24)28-15/h1-4,15,18,20-21,27H,5-12H2. The zero-order valence-electron chi connectivity index (χ0n) is 15.6. The highest BCUT2D eigenvalue weighted by atomic mass is 32.2. The largest absolute Gasteiger partial charge is 0.380 e. The molecule has 2 amide bonds. The minimum atomic E-state index is -1.13. The van der Waals surface area contributed by atoms with Crippen molar-refractivity contribution >= 4 is 23.6 Å². The van der Waals surface area contributed by atoms with E-state index in [0.717, 1.165) is 18.7 Å². The average molecular weight is 404 g/mol. The van der Waals surface area contributed by atoms with E-state index < -0.39 is 5.60 Å². The summed E-state index contributed by atoms with van der Waals surface area (Å²) in [7, 11) is 0. The molecule has 0 bridgehead atoms. The number of rotatable bonds is 3. The fourth-order valence-electron chi connectivity index (χ4n) is 3.98. The van der Waals surface area contributed by atoms with Crippen molar-refractivity contribution in [1.29, 1.82) is 0 Å². The van der Waals surface area contributed by atoms with Crippen LogP contribution in [0.4, 0.5) is 0 Å². The van der Waals surface area contributed by atoms with Gasteiger partial charge in [0.15, 0.2) is 0 Å². The first kappa shape index (κ1) is 18.4. The van der Waals surface area contributed by atoms with Crippen molar-refractivity contribution in [3.05, 3.63) is 35.4 Å². The van der Waals surface area contributed by atoms with Crippen LogP contribution in [0.15, 0.2) is 24.3 Å². The van der Waals surface area contributed by atoms with Crippen LogP contribution in [0.25, 0.3) is 0 Å². The van der Waals surface area contributed by atoms with E-state index in [1.807, 2.05) is 36.0 Å². The highest BCUT2D eigenvalue weighted by Gasteiger charge is 2.50. The van der Waals surface area contributed by atoms with Crippen LogP contribution in [-0.2, 0) is 4.79 Å². The zero-order valence-corrected chi connectivity index (χ0v) is 16.5. The Morgan fingerprint density at radius 2 is 1.71 bits per heavy atom. The van der Waals surface area contributed by atoms with Gasteiger partial charge in [-0.2, -0.15) is 0 Å². The first-order valence-corrected chi connectivity index (χ1v) is 10.8. The molecule has 0 radical (unpaired) electrons. The van der Waals surface area contributed by atoms with Gasteiger partial charge in [0.2, 0.25) is 0 Å². The number of hydrazine groups is 1. The van der Waals surface area contributed by atoms with E-state index in [9.17, 15) is 14.7 Å². The Morgan fingerprint density at radius 3 is 2.36 bits per heavy atom. The van der Waals surface area contributed by atoms with Crippen LogP contribution in [0.1, 0.15) is 34.1 Å². The SMILES string of the molecule is O=C(c1ccc(C2NN3CCNC3S2)cc1)N1CCN(C(=O)C2(O)CC2)CC1. The summed E-state index contributed by atoms with van der Waals surface area (Å²) in [6.07, 6.45) is 1.11. The second-order valence-corrected chi connectivity index (χ2v) is 9.07. The van der Waals surface area contributed by atoms with Gasteiger partial charge >= 0.3 is 0 Å². The van der Waals surface area contributed by atoms with E-state index in [4.69, 9.17) is 0 Å². The van der Waals surface area contributed by atoms with Crippen LogP contribution in [-0.4, -0.2) is 82.1 Å². The maximum Gasteiger partial charge on any atom is 0.254 e. The molecule has 3 aliphatic heterocycles. The Bertz CT molecular complexity index is 764. The Kier molecular flexibility index (Phi) is 4.59. The van der Waals surface area contributed by atoms with E-state index in [-0.39, 0.29) is 17.2 Å². The predicted molar refractivity (Wildman–Crippen MR) is 105 cm³/mol. The molecule has 0 aromatic heterocycles. The monoisotopic (exact) mass is 403 g/mol. The molecule has 3 saturated heterocycles. The molecule has 3 N–H and O–H groups in total. The molecular weight excluding hydrogens is 378 g/mol. The number of nitrogens with one attached hydrogen (secondary N) is 2. The molecular formula is C19H25N5O3S. The number of carbonyl (C=O) groups is 2. The molecule has 1 aliphatic carbocycles. The second kappa shape index (κ2) is 7.00. The Balaban J connectivity index is 1.18. The summed E-state index contributed by atoms with van der Waals surface area (Å²) in [4.78, 5) is 28.5. The number of aliphatic hydroxyl groups is 1. The molecule has 1 aromatic rings. The molecule has 8 nitrogen and oxygen atoms in total. The first-order valence-electron chi connectivity index (χ1n) is 9.86. The van der Waals surface area contributed by atoms with E-state index in [1.165, 1.54) is 0 Å². The van der Waals surface area contributed by atoms with Crippen molar-refractivity contribution in [2.45, 2.75) is 29.3 Å². The smallest absolute Gasteiger partial charge is 0.254 e. The van der Waals surface area contributed by atoms with E-state index in [1.54, 1.807) is 9.80 Å². The number of nitrogens with zero attached hydrogens (tertiary/aromatic N) is 3. The van der Waals surface area contributed by atoms with Crippen LogP contribution >= 0.6 is 11.8 Å². The highest BCUT2D eigenvalue weighted by Crippen LogP contribution is 2.38. The van der Waals surface area contributed by atoms with Gasteiger partial charge in [-0.05, 0) is 30.5 Å². The summed E-state index contributed by atoms with van der Waals surface area (Å²) >= 11 is 1.84. The number of amides is 2. The molecule has 1 aromatic carbocycles. The van der Waals surface area contributed by atoms with Crippen LogP contribution in [0.3, 0.4) is 0 Å². The van der Waals surface area contributed by atoms with Crippen LogP contribution in [0, 0.1) is 0 Å². The lowest BCUT2D eigenvalue weighted by Crippen LogP contribution is -2.53. The van der Waals surface area contributed by atoms with Gasteiger partial charge in [0.25, 0.3) is 11.8 Å².